The summed E-state index contributed by atoms with van der Waals surface area (Å²) in [5.41, 5.74) is 32.0. The first-order valence-corrected chi connectivity index (χ1v) is 25.5. The lowest BCUT2D eigenvalue weighted by Crippen LogP contribution is -2.27. The van der Waals surface area contributed by atoms with Crippen LogP contribution in [0, 0.1) is 0 Å². The molecule has 0 saturated carbocycles. The molecule has 15 rings (SSSR count). The van der Waals surface area contributed by atoms with Crippen LogP contribution in [0.3, 0.4) is 0 Å². The van der Waals surface area contributed by atoms with Crippen molar-refractivity contribution in [2.75, 3.05) is 4.90 Å². The largest absolute Gasteiger partial charge is 0.310 e. The van der Waals surface area contributed by atoms with Crippen LogP contribution in [0.2, 0.25) is 0 Å². The van der Waals surface area contributed by atoms with E-state index in [4.69, 9.17) is 0 Å². The van der Waals surface area contributed by atoms with Crippen molar-refractivity contribution in [3.05, 3.63) is 268 Å². The molecule has 1 spiro atoms. The lowest BCUT2D eigenvalue weighted by Gasteiger charge is -2.33. The molecule has 0 amide bonds. The molecule has 1 nitrogen and oxygen atoms in total. The first-order valence-electron chi connectivity index (χ1n) is 25.5. The Bertz CT molecular complexity index is 3820. The van der Waals surface area contributed by atoms with Crippen LogP contribution in [0.5, 0.6) is 0 Å². The molecule has 71 heavy (non-hydrogen) atoms. The van der Waals surface area contributed by atoms with Gasteiger partial charge in [-0.1, -0.05) is 217 Å². The van der Waals surface area contributed by atoms with Gasteiger partial charge in [-0.05, 0) is 159 Å². The van der Waals surface area contributed by atoms with Gasteiger partial charge in [-0.25, -0.2) is 0 Å². The monoisotopic (exact) mass is 907 g/mol. The third-order valence-electron chi connectivity index (χ3n) is 17.9. The first-order chi connectivity index (χ1) is 34.5. The van der Waals surface area contributed by atoms with Crippen molar-refractivity contribution in [2.24, 2.45) is 0 Å². The van der Waals surface area contributed by atoms with E-state index in [1.54, 1.807) is 0 Å². The second-order valence-electron chi connectivity index (χ2n) is 22.3. The van der Waals surface area contributed by atoms with Crippen LogP contribution in [0.15, 0.2) is 212 Å². The van der Waals surface area contributed by atoms with E-state index in [0.29, 0.717) is 0 Å². The Morgan fingerprint density at radius 1 is 0.239 bits per heavy atom. The van der Waals surface area contributed by atoms with Crippen LogP contribution in [0.25, 0.3) is 66.8 Å². The zero-order chi connectivity index (χ0) is 47.8. The number of fused-ring (bicyclic) bond motifs is 19. The molecule has 0 heterocycles. The fourth-order valence-corrected chi connectivity index (χ4v) is 14.6. The van der Waals surface area contributed by atoms with Gasteiger partial charge in [0.2, 0.25) is 0 Å². The van der Waals surface area contributed by atoms with Crippen molar-refractivity contribution in [1.29, 1.82) is 0 Å². The first kappa shape index (κ1) is 40.8. The standard InChI is InChI=1S/C70H53N/c1-67(2)54-27-15-10-22-46(54)50-35-32-44(39-60(50)67)71(45-33-36-51-47-23-11-16-28-55(47)68(3,4)61(51)40-45)43-34-37-59-53(38-43)66-63(70(59)57-30-18-12-24-48(57)49-25-13-19-31-58(49)70)41-62-65(64(66)42-20-8-7-9-21-42)52-26-14-17-29-56(52)69(62,5)6/h7-41H,1-6H3. The van der Waals surface area contributed by atoms with Crippen LogP contribution in [0.4, 0.5) is 17.1 Å². The van der Waals surface area contributed by atoms with Gasteiger partial charge in [-0.2, -0.15) is 0 Å². The van der Waals surface area contributed by atoms with Crippen LogP contribution < -0.4 is 4.90 Å². The van der Waals surface area contributed by atoms with Gasteiger partial charge in [0.25, 0.3) is 0 Å². The number of nitrogens with zero attached hydrogens (tertiary/aromatic N) is 1. The van der Waals surface area contributed by atoms with Crippen molar-refractivity contribution >= 4 is 17.1 Å². The molecular weight excluding hydrogens is 855 g/mol. The van der Waals surface area contributed by atoms with E-state index in [1.165, 1.54) is 122 Å². The Kier molecular flexibility index (Phi) is 7.98. The maximum absolute atomic E-state index is 2.65. The van der Waals surface area contributed by atoms with E-state index < -0.39 is 5.41 Å². The molecule has 0 fully saturated rings. The minimum absolute atomic E-state index is 0.156. The minimum Gasteiger partial charge on any atom is -0.310 e. The molecule has 5 aliphatic rings. The van der Waals surface area contributed by atoms with Crippen LogP contribution in [-0.4, -0.2) is 0 Å². The predicted octanol–water partition coefficient (Wildman–Crippen LogP) is 18.1. The van der Waals surface area contributed by atoms with E-state index in [2.05, 4.69) is 259 Å². The van der Waals surface area contributed by atoms with Crippen molar-refractivity contribution in [1.82, 2.24) is 0 Å². The van der Waals surface area contributed by atoms with E-state index in [1.807, 2.05) is 0 Å². The van der Waals surface area contributed by atoms with Gasteiger partial charge in [0.05, 0.1) is 5.41 Å². The Morgan fingerprint density at radius 3 is 1.14 bits per heavy atom. The molecule has 0 bridgehead atoms. The third kappa shape index (κ3) is 5.06. The average molecular weight is 908 g/mol. The summed E-state index contributed by atoms with van der Waals surface area (Å²) in [4.78, 5) is 2.56. The third-order valence-corrected chi connectivity index (χ3v) is 17.9. The number of anilines is 3. The van der Waals surface area contributed by atoms with Gasteiger partial charge in [0.1, 0.15) is 0 Å². The molecular formula is C70H53N. The van der Waals surface area contributed by atoms with Gasteiger partial charge in [-0.15, -0.1) is 0 Å². The summed E-state index contributed by atoms with van der Waals surface area (Å²) >= 11 is 0. The van der Waals surface area contributed by atoms with E-state index in [0.717, 1.165) is 17.1 Å². The molecule has 0 saturated heterocycles. The molecule has 10 aromatic rings. The van der Waals surface area contributed by atoms with E-state index in [-0.39, 0.29) is 16.2 Å². The SMILES string of the molecule is CC1(C)c2ccccc2-c2ccc(N(c3ccc4c(c3)-c3c(cc5c(c3-c3ccccc3)-c3ccccc3C5(C)C)C43c4ccccc4-c4ccccc43)c3ccc4c(c3)C(C)(C)c3ccccc3-4)cc21. The van der Waals surface area contributed by atoms with Crippen molar-refractivity contribution < 1.29 is 0 Å². The maximum Gasteiger partial charge on any atom is 0.0725 e. The normalized spacial score (nSPS) is 16.2. The zero-order valence-corrected chi connectivity index (χ0v) is 41.2. The number of benzene rings is 10. The average Bonchev–Trinajstić information content (AvgIpc) is 4.12. The number of rotatable bonds is 4. The summed E-state index contributed by atoms with van der Waals surface area (Å²) < 4.78 is 0. The van der Waals surface area contributed by atoms with Gasteiger partial charge in [-0.3, -0.25) is 0 Å². The fraction of sp³-hybridized carbons (Fsp3) is 0.143. The smallest absolute Gasteiger partial charge is 0.0725 e. The quantitative estimate of drug-likeness (QED) is 0.170. The Balaban J connectivity index is 1.05. The van der Waals surface area contributed by atoms with Gasteiger partial charge in [0.15, 0.2) is 0 Å². The summed E-state index contributed by atoms with van der Waals surface area (Å²) in [6.07, 6.45) is 0. The van der Waals surface area contributed by atoms with Crippen LogP contribution in [0.1, 0.15) is 97.2 Å². The minimum atomic E-state index is -0.530. The maximum atomic E-state index is 2.65. The molecule has 1 heteroatoms. The molecule has 0 N–H and O–H groups in total. The summed E-state index contributed by atoms with van der Waals surface area (Å²) in [5.74, 6) is 0. The Hall–Kier alpha value is -8.00. The van der Waals surface area contributed by atoms with Crippen LogP contribution >= 0.6 is 0 Å². The highest BCUT2D eigenvalue weighted by Crippen LogP contribution is 2.68. The Labute approximate surface area is 417 Å². The highest BCUT2D eigenvalue weighted by atomic mass is 15.1. The van der Waals surface area contributed by atoms with Crippen molar-refractivity contribution in [2.45, 2.75) is 63.2 Å². The van der Waals surface area contributed by atoms with Gasteiger partial charge < -0.3 is 4.90 Å². The molecule has 338 valence electrons. The second-order valence-corrected chi connectivity index (χ2v) is 22.3. The Morgan fingerprint density at radius 2 is 0.606 bits per heavy atom. The van der Waals surface area contributed by atoms with Gasteiger partial charge in [0, 0.05) is 33.3 Å². The second kappa shape index (κ2) is 13.9. The predicted molar refractivity (Wildman–Crippen MR) is 296 cm³/mol. The summed E-state index contributed by atoms with van der Waals surface area (Å²) in [6, 6.07) is 81.6. The molecule has 0 aromatic heterocycles. The van der Waals surface area contributed by atoms with Gasteiger partial charge >= 0.3 is 0 Å². The summed E-state index contributed by atoms with van der Waals surface area (Å²) in [7, 11) is 0. The summed E-state index contributed by atoms with van der Waals surface area (Å²) in [6.45, 7) is 14.5. The number of hydrogen-bond donors (Lipinski definition) is 0. The highest BCUT2D eigenvalue weighted by Gasteiger charge is 2.54. The molecule has 10 aromatic carbocycles. The number of hydrogen-bond acceptors (Lipinski definition) is 1. The van der Waals surface area contributed by atoms with Crippen molar-refractivity contribution in [3.8, 4) is 66.8 Å². The molecule has 0 aliphatic heterocycles. The lowest BCUT2D eigenvalue weighted by atomic mass is 9.69. The van der Waals surface area contributed by atoms with E-state index >= 15 is 0 Å². The van der Waals surface area contributed by atoms with E-state index in [9.17, 15) is 0 Å². The molecule has 0 radical (unpaired) electrons. The zero-order valence-electron chi connectivity index (χ0n) is 41.2. The summed E-state index contributed by atoms with van der Waals surface area (Å²) in [5, 5.41) is 0. The fourth-order valence-electron chi connectivity index (χ4n) is 14.6. The molecule has 5 aliphatic carbocycles. The lowest BCUT2D eigenvalue weighted by molar-refractivity contribution is 0.657. The topological polar surface area (TPSA) is 3.24 Å². The molecule has 0 atom stereocenters. The van der Waals surface area contributed by atoms with Crippen LogP contribution in [-0.2, 0) is 21.7 Å². The molecule has 0 unspecified atom stereocenters. The highest BCUT2D eigenvalue weighted by molar-refractivity contribution is 6.08. The van der Waals surface area contributed by atoms with Crippen molar-refractivity contribution in [3.63, 3.8) is 0 Å².